The molecule has 0 aromatic carbocycles. The van der Waals surface area contributed by atoms with Crippen LogP contribution in [0.2, 0.25) is 0 Å². The Labute approximate surface area is 118 Å². The second-order valence-corrected chi connectivity index (χ2v) is 4.19. The van der Waals surface area contributed by atoms with Gasteiger partial charge in [0.25, 0.3) is 12.3 Å². The third-order valence-corrected chi connectivity index (χ3v) is 2.69. The summed E-state index contributed by atoms with van der Waals surface area (Å²) in [6.07, 6.45) is -1.18. The largest absolute Gasteiger partial charge is 0.475 e. The van der Waals surface area contributed by atoms with Crippen LogP contribution in [0.5, 0.6) is 0 Å². The number of aromatic nitrogens is 1. The molecule has 0 saturated heterocycles. The van der Waals surface area contributed by atoms with Crippen LogP contribution in [0.1, 0.15) is 26.8 Å². The zero-order valence-electron chi connectivity index (χ0n) is 10.8. The number of alkyl halides is 2. The van der Waals surface area contributed by atoms with Gasteiger partial charge in [0, 0.05) is 6.20 Å². The van der Waals surface area contributed by atoms with E-state index < -0.39 is 24.8 Å². The topological polar surface area (TPSA) is 84.5 Å². The van der Waals surface area contributed by atoms with Crippen molar-refractivity contribution in [3.05, 3.63) is 47.7 Å². The van der Waals surface area contributed by atoms with Crippen molar-refractivity contribution in [2.24, 2.45) is 0 Å². The molecule has 0 aliphatic heterocycles. The second kappa shape index (κ2) is 6.21. The van der Waals surface area contributed by atoms with E-state index in [1.807, 2.05) is 0 Å². The molecule has 2 N–H and O–H groups in total. The van der Waals surface area contributed by atoms with Crippen molar-refractivity contribution in [2.45, 2.75) is 19.5 Å². The summed E-state index contributed by atoms with van der Waals surface area (Å²) in [6.45, 7) is -0.606. The number of carbonyl (C=O) groups excluding carboxylic acids is 1. The average Bonchev–Trinajstić information content (AvgIpc) is 3.04. The first-order chi connectivity index (χ1) is 9.97. The highest BCUT2D eigenvalue weighted by atomic mass is 19.3. The molecule has 1 amide bonds. The minimum absolute atomic E-state index is 0.0357. The Morgan fingerprint density at radius 2 is 2.10 bits per heavy atom. The highest BCUT2D eigenvalue weighted by molar-refractivity contribution is 5.92. The average molecular weight is 298 g/mol. The number of nitrogens with zero attached hydrogens (tertiary/aromatic N) is 1. The van der Waals surface area contributed by atoms with E-state index >= 15 is 0 Å². The number of aromatic carboxylic acids is 1. The minimum Gasteiger partial charge on any atom is -0.475 e. The Hall–Kier alpha value is -2.64. The van der Waals surface area contributed by atoms with Gasteiger partial charge in [0.1, 0.15) is 11.5 Å². The standard InChI is InChI=1S/C13H12F2N2O4/c14-11(15)7-17-5-1-2-9(17)12(18)16-6-8-3-4-10(21-8)13(19)20/h1-5,11H,6-7H2,(H,16,18)(H,19,20). The Balaban J connectivity index is 1.98. The molecule has 0 bridgehead atoms. The molecule has 2 aromatic rings. The maximum atomic E-state index is 12.3. The van der Waals surface area contributed by atoms with Crippen molar-refractivity contribution in [1.82, 2.24) is 9.88 Å². The zero-order valence-corrected chi connectivity index (χ0v) is 10.8. The van der Waals surface area contributed by atoms with E-state index in [0.29, 0.717) is 0 Å². The van der Waals surface area contributed by atoms with Gasteiger partial charge in [-0.1, -0.05) is 0 Å². The van der Waals surface area contributed by atoms with Gasteiger partial charge in [-0.05, 0) is 24.3 Å². The molecule has 0 saturated carbocycles. The molecule has 112 valence electrons. The van der Waals surface area contributed by atoms with E-state index in [0.717, 1.165) is 4.57 Å². The van der Waals surface area contributed by atoms with Gasteiger partial charge in [-0.15, -0.1) is 0 Å². The van der Waals surface area contributed by atoms with Crippen molar-refractivity contribution in [1.29, 1.82) is 0 Å². The molecule has 2 rings (SSSR count). The first-order valence-corrected chi connectivity index (χ1v) is 6.01. The van der Waals surface area contributed by atoms with E-state index in [2.05, 4.69) is 5.32 Å². The lowest BCUT2D eigenvalue weighted by Crippen LogP contribution is -2.26. The molecule has 8 heteroatoms. The van der Waals surface area contributed by atoms with Crippen LogP contribution in [-0.4, -0.2) is 28.0 Å². The summed E-state index contributed by atoms with van der Waals surface area (Å²) in [6, 6.07) is 5.60. The zero-order chi connectivity index (χ0) is 15.4. The number of carboxylic acid groups (broad SMARTS) is 1. The minimum atomic E-state index is -2.56. The molecule has 6 nitrogen and oxygen atoms in total. The number of nitrogens with one attached hydrogen (secondary N) is 1. The number of carbonyl (C=O) groups is 2. The lowest BCUT2D eigenvalue weighted by Gasteiger charge is -2.08. The fourth-order valence-electron chi connectivity index (χ4n) is 1.77. The van der Waals surface area contributed by atoms with E-state index in [1.54, 1.807) is 0 Å². The van der Waals surface area contributed by atoms with Gasteiger partial charge in [-0.3, -0.25) is 4.79 Å². The van der Waals surface area contributed by atoms with Crippen LogP contribution in [-0.2, 0) is 13.1 Å². The number of rotatable bonds is 6. The van der Waals surface area contributed by atoms with Crippen LogP contribution in [0.4, 0.5) is 8.78 Å². The van der Waals surface area contributed by atoms with Crippen LogP contribution in [0.25, 0.3) is 0 Å². The molecule has 0 radical (unpaired) electrons. The fraction of sp³-hybridized carbons (Fsp3) is 0.231. The molecule has 0 atom stereocenters. The van der Waals surface area contributed by atoms with Crippen molar-refractivity contribution < 1.29 is 27.9 Å². The lowest BCUT2D eigenvalue weighted by molar-refractivity contribution is 0.0660. The van der Waals surface area contributed by atoms with Crippen LogP contribution < -0.4 is 5.32 Å². The number of furan rings is 1. The summed E-state index contributed by atoms with van der Waals surface area (Å²) in [5, 5.41) is 11.2. The van der Waals surface area contributed by atoms with Crippen molar-refractivity contribution in [2.75, 3.05) is 0 Å². The molecule has 2 heterocycles. The summed E-state index contributed by atoms with van der Waals surface area (Å²) in [5.74, 6) is -1.74. The van der Waals surface area contributed by atoms with E-state index in [-0.39, 0.29) is 23.8 Å². The molecule has 2 aromatic heterocycles. The predicted octanol–water partition coefficient (Wildman–Crippen LogP) is 1.97. The highest BCUT2D eigenvalue weighted by Crippen LogP contribution is 2.09. The van der Waals surface area contributed by atoms with Crippen molar-refractivity contribution >= 4 is 11.9 Å². The third-order valence-electron chi connectivity index (χ3n) is 2.69. The van der Waals surface area contributed by atoms with Crippen LogP contribution >= 0.6 is 0 Å². The summed E-state index contributed by atoms with van der Waals surface area (Å²) < 4.78 is 30.8. The first-order valence-electron chi connectivity index (χ1n) is 6.01. The summed E-state index contributed by atoms with van der Waals surface area (Å²) in [4.78, 5) is 22.5. The predicted molar refractivity (Wildman–Crippen MR) is 67.3 cm³/mol. The first kappa shape index (κ1) is 14.8. The SMILES string of the molecule is O=C(O)c1ccc(CNC(=O)c2cccn2CC(F)F)o1. The molecule has 0 fully saturated rings. The van der Waals surface area contributed by atoms with Crippen LogP contribution in [0.15, 0.2) is 34.9 Å². The Morgan fingerprint density at radius 1 is 1.33 bits per heavy atom. The summed E-state index contributed by atoms with van der Waals surface area (Å²) in [5.41, 5.74) is 0.0975. The molecule has 0 unspecified atom stereocenters. The van der Waals surface area contributed by atoms with Crippen LogP contribution in [0.3, 0.4) is 0 Å². The van der Waals surface area contributed by atoms with Crippen molar-refractivity contribution in [3.8, 4) is 0 Å². The lowest BCUT2D eigenvalue weighted by atomic mass is 10.3. The van der Waals surface area contributed by atoms with Gasteiger partial charge in [-0.25, -0.2) is 13.6 Å². The Morgan fingerprint density at radius 3 is 2.71 bits per heavy atom. The molecular formula is C13H12F2N2O4. The number of amides is 1. The molecule has 0 spiro atoms. The van der Waals surface area contributed by atoms with Crippen molar-refractivity contribution in [3.63, 3.8) is 0 Å². The van der Waals surface area contributed by atoms with Gasteiger partial charge in [0.05, 0.1) is 13.1 Å². The van der Waals surface area contributed by atoms with E-state index in [9.17, 15) is 18.4 Å². The molecule has 0 aliphatic rings. The van der Waals surface area contributed by atoms with Gasteiger partial charge >= 0.3 is 5.97 Å². The summed E-state index contributed by atoms with van der Waals surface area (Å²) in [7, 11) is 0. The highest BCUT2D eigenvalue weighted by Gasteiger charge is 2.15. The Bertz CT molecular complexity index is 648. The number of hydrogen-bond donors (Lipinski definition) is 2. The van der Waals surface area contributed by atoms with Gasteiger partial charge in [0.15, 0.2) is 0 Å². The second-order valence-electron chi connectivity index (χ2n) is 4.19. The molecule has 0 aliphatic carbocycles. The van der Waals surface area contributed by atoms with Crippen LogP contribution in [0, 0.1) is 0 Å². The maximum Gasteiger partial charge on any atom is 0.371 e. The van der Waals surface area contributed by atoms with Gasteiger partial charge in [0.2, 0.25) is 5.76 Å². The summed E-state index contributed by atoms with van der Waals surface area (Å²) >= 11 is 0. The normalized spacial score (nSPS) is 10.8. The number of hydrogen-bond acceptors (Lipinski definition) is 3. The Kier molecular flexibility index (Phi) is 4.36. The van der Waals surface area contributed by atoms with E-state index in [4.69, 9.17) is 9.52 Å². The molecule has 21 heavy (non-hydrogen) atoms. The smallest absolute Gasteiger partial charge is 0.371 e. The van der Waals surface area contributed by atoms with Gasteiger partial charge < -0.3 is 19.4 Å². The third kappa shape index (κ3) is 3.68. The fourth-order valence-corrected chi connectivity index (χ4v) is 1.77. The maximum absolute atomic E-state index is 12.3. The number of carboxylic acids is 1. The van der Waals surface area contributed by atoms with Gasteiger partial charge in [-0.2, -0.15) is 0 Å². The molecular weight excluding hydrogens is 286 g/mol. The van der Waals surface area contributed by atoms with E-state index in [1.165, 1.54) is 30.5 Å². The monoisotopic (exact) mass is 298 g/mol. The quantitative estimate of drug-likeness (QED) is 0.854. The number of halogens is 2.